The highest BCUT2D eigenvalue weighted by Gasteiger charge is 2.22. The van der Waals surface area contributed by atoms with E-state index in [1.165, 1.54) is 6.92 Å². The average Bonchev–Trinajstić information content (AvgIpc) is 2.74. The van der Waals surface area contributed by atoms with Gasteiger partial charge in [0.1, 0.15) is 17.9 Å². The minimum Gasteiger partial charge on any atom is -0.488 e. The molecule has 1 unspecified atom stereocenters. The van der Waals surface area contributed by atoms with Crippen molar-refractivity contribution in [3.8, 4) is 5.75 Å². The molecule has 1 atom stereocenters. The summed E-state index contributed by atoms with van der Waals surface area (Å²) in [4.78, 5) is 25.0. The Hall–Kier alpha value is -3.31. The summed E-state index contributed by atoms with van der Waals surface area (Å²) >= 11 is 6.04. The SMILES string of the molecule is CC(OC(=O)c1ccccc1OCc1ccccc1)C(=O)Nc1ccccc1Cl. The number of benzene rings is 3. The summed E-state index contributed by atoms with van der Waals surface area (Å²) in [6.45, 7) is 1.81. The maximum Gasteiger partial charge on any atom is 0.342 e. The van der Waals surface area contributed by atoms with Crippen molar-refractivity contribution in [1.82, 2.24) is 0 Å². The van der Waals surface area contributed by atoms with Crippen molar-refractivity contribution >= 4 is 29.2 Å². The summed E-state index contributed by atoms with van der Waals surface area (Å²) in [5.74, 6) is -0.732. The van der Waals surface area contributed by atoms with Crippen LogP contribution in [0.4, 0.5) is 5.69 Å². The molecule has 0 spiro atoms. The van der Waals surface area contributed by atoms with Crippen LogP contribution in [0.25, 0.3) is 0 Å². The Morgan fingerprint density at radius 3 is 2.34 bits per heavy atom. The Morgan fingerprint density at radius 1 is 0.931 bits per heavy atom. The Kier molecular flexibility index (Phi) is 6.87. The van der Waals surface area contributed by atoms with Gasteiger partial charge in [0.2, 0.25) is 0 Å². The standard InChI is InChI=1S/C23H20ClNO4/c1-16(22(26)25-20-13-7-6-12-19(20)24)29-23(27)18-11-5-8-14-21(18)28-15-17-9-3-2-4-10-17/h2-14,16H,15H2,1H3,(H,25,26). The molecule has 0 heterocycles. The number of hydrogen-bond acceptors (Lipinski definition) is 4. The first-order valence-electron chi connectivity index (χ1n) is 9.06. The predicted octanol–water partition coefficient (Wildman–Crippen LogP) is 5.10. The summed E-state index contributed by atoms with van der Waals surface area (Å²) < 4.78 is 11.1. The number of carbonyl (C=O) groups is 2. The smallest absolute Gasteiger partial charge is 0.342 e. The van der Waals surface area contributed by atoms with Crippen molar-refractivity contribution < 1.29 is 19.1 Å². The van der Waals surface area contributed by atoms with E-state index in [4.69, 9.17) is 21.1 Å². The van der Waals surface area contributed by atoms with E-state index in [1.54, 1.807) is 48.5 Å². The molecule has 0 aliphatic carbocycles. The van der Waals surface area contributed by atoms with Crippen LogP contribution in [0.5, 0.6) is 5.75 Å². The van der Waals surface area contributed by atoms with E-state index in [1.807, 2.05) is 30.3 Å². The van der Waals surface area contributed by atoms with Gasteiger partial charge in [-0.25, -0.2) is 4.79 Å². The zero-order valence-electron chi connectivity index (χ0n) is 15.8. The van der Waals surface area contributed by atoms with Gasteiger partial charge in [-0.2, -0.15) is 0 Å². The van der Waals surface area contributed by atoms with E-state index in [-0.39, 0.29) is 5.56 Å². The summed E-state index contributed by atoms with van der Waals surface area (Å²) in [6.07, 6.45) is -1.01. The third-order valence-corrected chi connectivity index (χ3v) is 4.46. The van der Waals surface area contributed by atoms with Crippen LogP contribution in [0.1, 0.15) is 22.8 Å². The topological polar surface area (TPSA) is 64.6 Å². The summed E-state index contributed by atoms with van der Waals surface area (Å²) in [6, 6.07) is 23.2. The Bertz CT molecular complexity index is 991. The lowest BCUT2D eigenvalue weighted by Crippen LogP contribution is -2.30. The molecular weight excluding hydrogens is 390 g/mol. The lowest BCUT2D eigenvalue weighted by atomic mass is 10.2. The van der Waals surface area contributed by atoms with Crippen LogP contribution >= 0.6 is 11.6 Å². The molecule has 0 saturated heterocycles. The molecule has 0 aliphatic rings. The van der Waals surface area contributed by atoms with Gasteiger partial charge in [0.05, 0.1) is 10.7 Å². The Labute approximate surface area is 174 Å². The van der Waals surface area contributed by atoms with E-state index in [2.05, 4.69) is 5.32 Å². The Balaban J connectivity index is 1.64. The minimum absolute atomic E-state index is 0.251. The molecule has 29 heavy (non-hydrogen) atoms. The van der Waals surface area contributed by atoms with Gasteiger partial charge in [0, 0.05) is 0 Å². The number of carbonyl (C=O) groups excluding carboxylic acids is 2. The summed E-state index contributed by atoms with van der Waals surface area (Å²) in [5, 5.41) is 3.05. The zero-order valence-corrected chi connectivity index (χ0v) is 16.6. The highest BCUT2D eigenvalue weighted by Crippen LogP contribution is 2.23. The second-order valence-corrected chi connectivity index (χ2v) is 6.69. The first kappa shape index (κ1) is 20.4. The fourth-order valence-electron chi connectivity index (χ4n) is 2.57. The number of hydrogen-bond donors (Lipinski definition) is 1. The van der Waals surface area contributed by atoms with Gasteiger partial charge in [0.25, 0.3) is 5.91 Å². The van der Waals surface area contributed by atoms with Gasteiger partial charge in [-0.1, -0.05) is 66.2 Å². The van der Waals surface area contributed by atoms with E-state index < -0.39 is 18.0 Å². The summed E-state index contributed by atoms with van der Waals surface area (Å²) in [7, 11) is 0. The molecule has 3 rings (SSSR count). The zero-order chi connectivity index (χ0) is 20.6. The molecule has 0 radical (unpaired) electrons. The number of ether oxygens (including phenoxy) is 2. The number of para-hydroxylation sites is 2. The first-order valence-corrected chi connectivity index (χ1v) is 9.44. The fraction of sp³-hybridized carbons (Fsp3) is 0.130. The molecule has 0 saturated carbocycles. The second-order valence-electron chi connectivity index (χ2n) is 6.29. The van der Waals surface area contributed by atoms with Gasteiger partial charge in [-0.3, -0.25) is 4.79 Å². The van der Waals surface area contributed by atoms with Crippen LogP contribution in [0.3, 0.4) is 0 Å². The van der Waals surface area contributed by atoms with Crippen molar-refractivity contribution in [2.45, 2.75) is 19.6 Å². The molecule has 1 N–H and O–H groups in total. The fourth-order valence-corrected chi connectivity index (χ4v) is 2.75. The highest BCUT2D eigenvalue weighted by molar-refractivity contribution is 6.33. The maximum absolute atomic E-state index is 12.6. The van der Waals surface area contributed by atoms with Gasteiger partial charge in [-0.15, -0.1) is 0 Å². The lowest BCUT2D eigenvalue weighted by Gasteiger charge is -2.16. The molecule has 0 aliphatic heterocycles. The molecular formula is C23H20ClNO4. The number of esters is 1. The largest absolute Gasteiger partial charge is 0.488 e. The minimum atomic E-state index is -1.01. The van der Waals surface area contributed by atoms with Gasteiger partial charge in [0.15, 0.2) is 6.10 Å². The Morgan fingerprint density at radius 2 is 1.59 bits per heavy atom. The van der Waals surface area contributed by atoms with Crippen molar-refractivity contribution in [3.05, 3.63) is 95.0 Å². The summed E-state index contributed by atoms with van der Waals surface area (Å²) in [5.41, 5.74) is 1.68. The quantitative estimate of drug-likeness (QED) is 0.551. The molecule has 1 amide bonds. The van der Waals surface area contributed by atoms with Gasteiger partial charge in [-0.05, 0) is 36.8 Å². The van der Waals surface area contributed by atoms with Crippen LogP contribution in [-0.4, -0.2) is 18.0 Å². The van der Waals surface area contributed by atoms with Crippen LogP contribution in [0.2, 0.25) is 5.02 Å². The molecule has 5 nitrogen and oxygen atoms in total. The molecule has 6 heteroatoms. The molecule has 0 aromatic heterocycles. The number of halogens is 1. The maximum atomic E-state index is 12.6. The monoisotopic (exact) mass is 409 g/mol. The molecule has 0 bridgehead atoms. The molecule has 148 valence electrons. The van der Waals surface area contributed by atoms with Crippen LogP contribution < -0.4 is 10.1 Å². The number of anilines is 1. The van der Waals surface area contributed by atoms with E-state index in [9.17, 15) is 9.59 Å². The number of rotatable bonds is 7. The third kappa shape index (κ3) is 5.59. The lowest BCUT2D eigenvalue weighted by molar-refractivity contribution is -0.123. The molecule has 3 aromatic carbocycles. The van der Waals surface area contributed by atoms with Crippen molar-refractivity contribution in [2.75, 3.05) is 5.32 Å². The molecule has 0 fully saturated rings. The van der Waals surface area contributed by atoms with E-state index in [0.29, 0.717) is 23.1 Å². The number of nitrogens with one attached hydrogen (secondary N) is 1. The second kappa shape index (κ2) is 9.75. The van der Waals surface area contributed by atoms with Crippen LogP contribution in [0, 0.1) is 0 Å². The highest BCUT2D eigenvalue weighted by atomic mass is 35.5. The van der Waals surface area contributed by atoms with Crippen LogP contribution in [0.15, 0.2) is 78.9 Å². The predicted molar refractivity (Wildman–Crippen MR) is 112 cm³/mol. The molecule has 3 aromatic rings. The average molecular weight is 410 g/mol. The van der Waals surface area contributed by atoms with Gasteiger partial charge < -0.3 is 14.8 Å². The van der Waals surface area contributed by atoms with Crippen molar-refractivity contribution in [3.63, 3.8) is 0 Å². The van der Waals surface area contributed by atoms with Gasteiger partial charge >= 0.3 is 5.97 Å². The van der Waals surface area contributed by atoms with Crippen LogP contribution in [-0.2, 0) is 16.1 Å². The van der Waals surface area contributed by atoms with E-state index >= 15 is 0 Å². The number of amides is 1. The van der Waals surface area contributed by atoms with E-state index in [0.717, 1.165) is 5.56 Å². The van der Waals surface area contributed by atoms with Crippen molar-refractivity contribution in [1.29, 1.82) is 0 Å². The first-order chi connectivity index (χ1) is 14.0. The normalized spacial score (nSPS) is 11.4. The van der Waals surface area contributed by atoms with Crippen molar-refractivity contribution in [2.24, 2.45) is 0 Å². The third-order valence-electron chi connectivity index (χ3n) is 4.13.